The minimum absolute atomic E-state index is 0.209. The fourth-order valence-corrected chi connectivity index (χ4v) is 4.82. The number of benzene rings is 1. The predicted molar refractivity (Wildman–Crippen MR) is 118 cm³/mol. The summed E-state index contributed by atoms with van der Waals surface area (Å²) >= 11 is 1.63. The van der Waals surface area contributed by atoms with Gasteiger partial charge in [-0.25, -0.2) is 4.99 Å². The van der Waals surface area contributed by atoms with Crippen molar-refractivity contribution in [2.75, 3.05) is 20.7 Å². The largest absolute Gasteiger partial charge is 0.377 e. The molecule has 0 bridgehead atoms. The van der Waals surface area contributed by atoms with E-state index in [1.54, 1.807) is 30.9 Å². The van der Waals surface area contributed by atoms with Crippen LogP contribution in [0.2, 0.25) is 0 Å². The van der Waals surface area contributed by atoms with E-state index in [4.69, 9.17) is 16.2 Å². The van der Waals surface area contributed by atoms with E-state index in [9.17, 15) is 9.59 Å². The highest BCUT2D eigenvalue weighted by Crippen LogP contribution is 2.44. The number of nitrogens with two attached hydrogens (primary N) is 2. The first-order valence-corrected chi connectivity index (χ1v) is 10.3. The number of nitrogens with zero attached hydrogens (tertiary/aromatic N) is 2. The molecule has 2 unspecified atom stereocenters. The molecule has 8 nitrogen and oxygen atoms in total. The van der Waals surface area contributed by atoms with Gasteiger partial charge in [-0.3, -0.25) is 9.59 Å². The van der Waals surface area contributed by atoms with E-state index in [1.807, 2.05) is 30.2 Å². The van der Waals surface area contributed by atoms with Crippen molar-refractivity contribution in [1.82, 2.24) is 10.2 Å². The van der Waals surface area contributed by atoms with Crippen LogP contribution < -0.4 is 16.8 Å². The summed E-state index contributed by atoms with van der Waals surface area (Å²) in [5.74, 6) is -0.949. The number of primary amides is 1. The van der Waals surface area contributed by atoms with Gasteiger partial charge in [0.1, 0.15) is 6.17 Å². The molecule has 2 heterocycles. The van der Waals surface area contributed by atoms with Gasteiger partial charge in [-0.1, -0.05) is 12.1 Å². The van der Waals surface area contributed by atoms with Gasteiger partial charge in [-0.15, -0.1) is 11.3 Å². The van der Waals surface area contributed by atoms with Crippen LogP contribution in [0.25, 0.3) is 15.7 Å². The third kappa shape index (κ3) is 3.74. The van der Waals surface area contributed by atoms with Crippen LogP contribution >= 0.6 is 11.3 Å². The van der Waals surface area contributed by atoms with Crippen molar-refractivity contribution in [3.05, 3.63) is 46.4 Å². The molecule has 156 valence electrons. The highest BCUT2D eigenvalue weighted by molar-refractivity contribution is 7.19. The van der Waals surface area contributed by atoms with Gasteiger partial charge < -0.3 is 26.4 Å². The molecule has 1 aromatic heterocycles. The number of thiophene rings is 1. The van der Waals surface area contributed by atoms with Gasteiger partial charge in [0.05, 0.1) is 29.6 Å². The lowest BCUT2D eigenvalue weighted by atomic mass is 9.91. The highest BCUT2D eigenvalue weighted by Gasteiger charge is 2.24. The molecule has 0 spiro atoms. The minimum atomic E-state index is -0.592. The molecule has 2 aromatic rings. The Labute approximate surface area is 177 Å². The van der Waals surface area contributed by atoms with Crippen molar-refractivity contribution in [2.45, 2.75) is 18.7 Å². The van der Waals surface area contributed by atoms with Crippen LogP contribution in [0, 0.1) is 0 Å². The number of carbonyl (C=O) groups is 2. The average molecular weight is 426 g/mol. The second kappa shape index (κ2) is 8.02. The lowest BCUT2D eigenvalue weighted by Gasteiger charge is -2.24. The standard InChI is InChI=1S/C21H23N5O3S/c1-26-10-25-18-15-4-3-11(8-16(15)30-19(18)20(26)23)12-5-13(7-14(6-12)29-2)21(28)24-9-17(22)27/h3-5,7-8,10,14,20H,6,9,23H2,1-2H3,(H2,22,27)(H,24,28). The van der Waals surface area contributed by atoms with Crippen LogP contribution in [0.15, 0.2) is 40.9 Å². The van der Waals surface area contributed by atoms with Crippen LogP contribution in [0.1, 0.15) is 23.0 Å². The van der Waals surface area contributed by atoms with Crippen LogP contribution in [-0.4, -0.2) is 49.9 Å². The van der Waals surface area contributed by atoms with E-state index >= 15 is 0 Å². The van der Waals surface area contributed by atoms with Gasteiger partial charge in [0, 0.05) is 36.2 Å². The summed E-state index contributed by atoms with van der Waals surface area (Å²) in [5.41, 5.74) is 14.8. The Morgan fingerprint density at radius 1 is 1.40 bits per heavy atom. The molecule has 1 aliphatic heterocycles. The normalized spacial score (nSPS) is 20.6. The monoisotopic (exact) mass is 425 g/mol. The van der Waals surface area contributed by atoms with Gasteiger partial charge in [0.2, 0.25) is 5.91 Å². The number of rotatable bonds is 5. The fraction of sp³-hybridized carbons (Fsp3) is 0.286. The van der Waals surface area contributed by atoms with Crippen molar-refractivity contribution >= 4 is 50.8 Å². The molecule has 0 saturated carbocycles. The molecule has 2 amide bonds. The third-order valence-corrected chi connectivity index (χ3v) is 6.45. The van der Waals surface area contributed by atoms with Gasteiger partial charge >= 0.3 is 0 Å². The molecule has 0 radical (unpaired) electrons. The van der Waals surface area contributed by atoms with Crippen LogP contribution in [0.4, 0.5) is 5.69 Å². The summed E-state index contributed by atoms with van der Waals surface area (Å²) in [4.78, 5) is 30.9. The second-order valence-electron chi connectivity index (χ2n) is 7.30. The maximum atomic E-state index is 12.4. The molecule has 1 aromatic carbocycles. The predicted octanol–water partition coefficient (Wildman–Crippen LogP) is 1.79. The summed E-state index contributed by atoms with van der Waals surface area (Å²) in [6, 6.07) is 6.17. The summed E-state index contributed by atoms with van der Waals surface area (Å²) in [5, 5.41) is 3.59. The SMILES string of the molecule is COC1C=C(C(=O)NCC(N)=O)C=C(c2ccc3c4c(sc3c2)C(N)N(C)C=N4)C1. The number of amides is 2. The second-order valence-corrected chi connectivity index (χ2v) is 8.38. The van der Waals surface area contributed by atoms with Crippen LogP contribution in [-0.2, 0) is 14.3 Å². The molecule has 5 N–H and O–H groups in total. The number of fused-ring (bicyclic) bond motifs is 3. The van der Waals surface area contributed by atoms with Crippen molar-refractivity contribution < 1.29 is 14.3 Å². The zero-order valence-corrected chi connectivity index (χ0v) is 17.5. The van der Waals surface area contributed by atoms with Gasteiger partial charge in [0.25, 0.3) is 5.91 Å². The lowest BCUT2D eigenvalue weighted by molar-refractivity contribution is -0.122. The van der Waals surface area contributed by atoms with E-state index in [0.29, 0.717) is 12.0 Å². The molecule has 30 heavy (non-hydrogen) atoms. The molecule has 2 aliphatic rings. The maximum absolute atomic E-state index is 12.4. The van der Waals surface area contributed by atoms with Crippen molar-refractivity contribution in [3.63, 3.8) is 0 Å². The Morgan fingerprint density at radius 3 is 2.93 bits per heavy atom. The van der Waals surface area contributed by atoms with Crippen LogP contribution in [0.5, 0.6) is 0 Å². The van der Waals surface area contributed by atoms with Crippen LogP contribution in [0.3, 0.4) is 0 Å². The van der Waals surface area contributed by atoms with E-state index in [-0.39, 0.29) is 24.7 Å². The first-order valence-electron chi connectivity index (χ1n) is 9.47. The zero-order chi connectivity index (χ0) is 21.4. The maximum Gasteiger partial charge on any atom is 0.251 e. The smallest absolute Gasteiger partial charge is 0.251 e. The highest BCUT2D eigenvalue weighted by atomic mass is 32.1. The Hall–Kier alpha value is -3.01. The lowest BCUT2D eigenvalue weighted by Crippen LogP contribution is -2.34. The number of hydrogen-bond donors (Lipinski definition) is 3. The summed E-state index contributed by atoms with van der Waals surface area (Å²) < 4.78 is 6.59. The first-order chi connectivity index (χ1) is 14.4. The number of aliphatic imine (C=N–C) groups is 1. The van der Waals surface area contributed by atoms with Gasteiger partial charge in [-0.2, -0.15) is 0 Å². The molecular formula is C21H23N5O3S. The van der Waals surface area contributed by atoms with Crippen molar-refractivity contribution in [2.24, 2.45) is 16.5 Å². The minimum Gasteiger partial charge on any atom is -0.377 e. The Balaban J connectivity index is 1.68. The molecule has 9 heteroatoms. The molecule has 0 saturated heterocycles. The summed E-state index contributed by atoms with van der Waals surface area (Å²) in [6.45, 7) is -0.209. The number of ether oxygens (including phenoxy) is 1. The molecular weight excluding hydrogens is 402 g/mol. The van der Waals surface area contributed by atoms with Crippen molar-refractivity contribution in [1.29, 1.82) is 0 Å². The number of carbonyl (C=O) groups excluding carboxylic acids is 2. The topological polar surface area (TPSA) is 123 Å². The van der Waals surface area contributed by atoms with Gasteiger partial charge in [0.15, 0.2) is 0 Å². The Kier molecular flexibility index (Phi) is 5.42. The fourth-order valence-electron chi connectivity index (χ4n) is 3.57. The summed E-state index contributed by atoms with van der Waals surface area (Å²) in [7, 11) is 3.51. The Bertz CT molecular complexity index is 1120. The summed E-state index contributed by atoms with van der Waals surface area (Å²) in [6.07, 6.45) is 5.53. The van der Waals surface area contributed by atoms with E-state index in [0.717, 1.165) is 31.8 Å². The van der Waals surface area contributed by atoms with E-state index < -0.39 is 5.91 Å². The zero-order valence-electron chi connectivity index (χ0n) is 16.7. The molecule has 4 rings (SSSR count). The van der Waals surface area contributed by atoms with Gasteiger partial charge in [-0.05, 0) is 29.4 Å². The first kappa shape index (κ1) is 20.3. The number of hydrogen-bond acceptors (Lipinski definition) is 7. The molecule has 0 fully saturated rings. The molecule has 1 aliphatic carbocycles. The number of methoxy groups -OCH3 is 1. The average Bonchev–Trinajstić information content (AvgIpc) is 3.12. The van der Waals surface area contributed by atoms with E-state index in [1.165, 1.54) is 0 Å². The Morgan fingerprint density at radius 2 is 2.20 bits per heavy atom. The molecule has 2 atom stereocenters. The van der Waals surface area contributed by atoms with E-state index in [2.05, 4.69) is 16.4 Å². The quantitative estimate of drug-likeness (QED) is 0.674. The third-order valence-electron chi connectivity index (χ3n) is 5.24. The number of nitrogens with one attached hydrogen (secondary N) is 1. The van der Waals surface area contributed by atoms with Crippen molar-refractivity contribution in [3.8, 4) is 0 Å².